The normalized spacial score (nSPS) is 11.0. The number of fused-ring (bicyclic) bond motifs is 1. The van der Waals surface area contributed by atoms with Crippen molar-refractivity contribution < 1.29 is 9.47 Å². The summed E-state index contributed by atoms with van der Waals surface area (Å²) in [6.45, 7) is 9.39. The Morgan fingerprint density at radius 2 is 1.84 bits per heavy atom. The molecule has 0 radical (unpaired) electrons. The number of ether oxygens (including phenoxy) is 2. The lowest BCUT2D eigenvalue weighted by molar-refractivity contribution is 0.336. The summed E-state index contributed by atoms with van der Waals surface area (Å²) in [6.07, 6.45) is 3.62. The van der Waals surface area contributed by atoms with E-state index < -0.39 is 0 Å². The highest BCUT2D eigenvalue weighted by Crippen LogP contribution is 2.37. The Bertz CT molecular complexity index is 1220. The fourth-order valence-corrected chi connectivity index (χ4v) is 4.07. The van der Waals surface area contributed by atoms with Crippen LogP contribution < -0.4 is 14.8 Å². The zero-order valence-corrected chi connectivity index (χ0v) is 18.6. The number of aryl methyl sites for hydroxylation is 3. The third-order valence-corrected chi connectivity index (χ3v) is 5.43. The van der Waals surface area contributed by atoms with Gasteiger partial charge in [-0.1, -0.05) is 6.07 Å². The van der Waals surface area contributed by atoms with E-state index in [0.29, 0.717) is 13.2 Å². The average molecular weight is 418 g/mol. The molecule has 31 heavy (non-hydrogen) atoms. The van der Waals surface area contributed by atoms with Gasteiger partial charge < -0.3 is 19.4 Å². The molecule has 0 saturated carbocycles. The van der Waals surface area contributed by atoms with Crippen LogP contribution >= 0.6 is 0 Å². The van der Waals surface area contributed by atoms with Crippen LogP contribution in [0.4, 0.5) is 5.82 Å². The minimum Gasteiger partial charge on any atom is -0.494 e. The summed E-state index contributed by atoms with van der Waals surface area (Å²) in [6, 6.07) is 9.88. The van der Waals surface area contributed by atoms with E-state index in [2.05, 4.69) is 38.9 Å². The van der Waals surface area contributed by atoms with Crippen molar-refractivity contribution in [1.82, 2.24) is 19.7 Å². The average Bonchev–Trinajstić information content (AvgIpc) is 3.05. The van der Waals surface area contributed by atoms with Crippen molar-refractivity contribution in [3.05, 3.63) is 65.4 Å². The first-order valence-corrected chi connectivity index (χ1v) is 10.3. The lowest BCUT2D eigenvalue weighted by Crippen LogP contribution is -2.04. The molecule has 0 atom stereocenters. The molecular formula is C24H27N5O2. The number of pyridine rings is 1. The molecule has 7 heteroatoms. The molecule has 0 aliphatic rings. The van der Waals surface area contributed by atoms with Crippen LogP contribution in [0.1, 0.15) is 29.6 Å². The molecule has 3 aromatic heterocycles. The van der Waals surface area contributed by atoms with E-state index >= 15 is 0 Å². The van der Waals surface area contributed by atoms with Crippen molar-refractivity contribution in [2.24, 2.45) is 0 Å². The fourth-order valence-electron chi connectivity index (χ4n) is 4.07. The number of nitrogens with zero attached hydrogens (tertiary/aromatic N) is 4. The highest BCUT2D eigenvalue weighted by molar-refractivity contribution is 5.98. The summed E-state index contributed by atoms with van der Waals surface area (Å²) in [7, 11) is 1.68. The van der Waals surface area contributed by atoms with Crippen molar-refractivity contribution in [3.8, 4) is 17.2 Å². The molecule has 0 saturated heterocycles. The maximum atomic E-state index is 5.70. The Balaban J connectivity index is 1.84. The summed E-state index contributed by atoms with van der Waals surface area (Å²) in [5.74, 6) is 2.29. The highest BCUT2D eigenvalue weighted by Gasteiger charge is 2.21. The quantitative estimate of drug-likeness (QED) is 0.467. The van der Waals surface area contributed by atoms with Gasteiger partial charge in [0.15, 0.2) is 5.82 Å². The van der Waals surface area contributed by atoms with Gasteiger partial charge in [0.25, 0.3) is 0 Å². The molecule has 0 amide bonds. The van der Waals surface area contributed by atoms with Crippen LogP contribution in [0.15, 0.2) is 42.7 Å². The molecule has 0 spiro atoms. The number of anilines is 1. The lowest BCUT2D eigenvalue weighted by atomic mass is 10.1. The van der Waals surface area contributed by atoms with Crippen molar-refractivity contribution in [1.29, 1.82) is 0 Å². The van der Waals surface area contributed by atoms with Gasteiger partial charge in [0.2, 0.25) is 0 Å². The van der Waals surface area contributed by atoms with E-state index in [1.807, 2.05) is 50.4 Å². The summed E-state index contributed by atoms with van der Waals surface area (Å²) in [5.41, 5.74) is 5.09. The minimum atomic E-state index is 0.608. The summed E-state index contributed by atoms with van der Waals surface area (Å²) >= 11 is 0. The molecule has 4 aromatic rings. The van der Waals surface area contributed by atoms with E-state index in [9.17, 15) is 0 Å². The van der Waals surface area contributed by atoms with E-state index in [4.69, 9.17) is 9.47 Å². The molecule has 0 aliphatic carbocycles. The number of nitrogens with one attached hydrogen (secondary N) is 1. The van der Waals surface area contributed by atoms with Gasteiger partial charge in [0.05, 0.1) is 25.1 Å². The predicted octanol–water partition coefficient (Wildman–Crippen LogP) is 4.76. The molecule has 1 N–H and O–H groups in total. The van der Waals surface area contributed by atoms with Crippen LogP contribution in [-0.2, 0) is 6.54 Å². The molecule has 0 bridgehead atoms. The third kappa shape index (κ3) is 3.79. The molecule has 0 unspecified atom stereocenters. The molecular weight excluding hydrogens is 390 g/mol. The SMILES string of the molecule is CCOc1ccc(-n2c(C)c3c(C)nnc(NCc4cccnc4)c3c2C)c(OC)c1. The third-order valence-electron chi connectivity index (χ3n) is 5.43. The number of hydrogen-bond acceptors (Lipinski definition) is 6. The van der Waals surface area contributed by atoms with Gasteiger partial charge in [-0.15, -0.1) is 5.10 Å². The van der Waals surface area contributed by atoms with Crippen LogP contribution in [0.2, 0.25) is 0 Å². The summed E-state index contributed by atoms with van der Waals surface area (Å²) in [4.78, 5) is 4.18. The maximum absolute atomic E-state index is 5.70. The van der Waals surface area contributed by atoms with Crippen LogP contribution in [0.3, 0.4) is 0 Å². The zero-order valence-electron chi connectivity index (χ0n) is 18.6. The van der Waals surface area contributed by atoms with E-state index in [-0.39, 0.29) is 0 Å². The number of aromatic nitrogens is 4. The van der Waals surface area contributed by atoms with Crippen LogP contribution in [0.25, 0.3) is 16.5 Å². The van der Waals surface area contributed by atoms with Gasteiger partial charge in [0, 0.05) is 47.2 Å². The van der Waals surface area contributed by atoms with Crippen molar-refractivity contribution in [2.75, 3.05) is 19.0 Å². The maximum Gasteiger partial charge on any atom is 0.158 e. The summed E-state index contributed by atoms with van der Waals surface area (Å²) < 4.78 is 13.5. The Labute approximate surface area is 182 Å². The smallest absolute Gasteiger partial charge is 0.158 e. The number of methoxy groups -OCH3 is 1. The van der Waals surface area contributed by atoms with Gasteiger partial charge in [-0.2, -0.15) is 5.10 Å². The number of rotatable bonds is 7. The van der Waals surface area contributed by atoms with E-state index in [1.165, 1.54) is 0 Å². The van der Waals surface area contributed by atoms with Crippen LogP contribution in [-0.4, -0.2) is 33.5 Å². The zero-order chi connectivity index (χ0) is 22.0. The first-order chi connectivity index (χ1) is 15.0. The lowest BCUT2D eigenvalue weighted by Gasteiger charge is -2.15. The first kappa shape index (κ1) is 20.7. The van der Waals surface area contributed by atoms with Crippen LogP contribution in [0, 0.1) is 20.8 Å². The van der Waals surface area contributed by atoms with Gasteiger partial charge in [-0.25, -0.2) is 0 Å². The van der Waals surface area contributed by atoms with Gasteiger partial charge in [0.1, 0.15) is 11.5 Å². The Hall–Kier alpha value is -3.61. The predicted molar refractivity (Wildman–Crippen MR) is 122 cm³/mol. The second kappa shape index (κ2) is 8.63. The second-order valence-corrected chi connectivity index (χ2v) is 7.37. The molecule has 0 aliphatic heterocycles. The first-order valence-electron chi connectivity index (χ1n) is 10.3. The molecule has 7 nitrogen and oxygen atoms in total. The van der Waals surface area contributed by atoms with E-state index in [0.717, 1.165) is 56.4 Å². The Kier molecular flexibility index (Phi) is 5.75. The van der Waals surface area contributed by atoms with Gasteiger partial charge >= 0.3 is 0 Å². The van der Waals surface area contributed by atoms with Crippen LogP contribution in [0.5, 0.6) is 11.5 Å². The molecule has 0 fully saturated rings. The largest absolute Gasteiger partial charge is 0.494 e. The van der Waals surface area contributed by atoms with Gasteiger partial charge in [-0.05, 0) is 51.5 Å². The number of hydrogen-bond donors (Lipinski definition) is 1. The molecule has 160 valence electrons. The standard InChI is InChI=1S/C24H27N5O2/c1-6-31-19-9-10-20(21(12-19)30-5)29-16(3)22-15(2)27-28-24(23(22)17(29)4)26-14-18-8-7-11-25-13-18/h7-13H,6,14H2,1-5H3,(H,26,28). The minimum absolute atomic E-state index is 0.608. The molecule has 3 heterocycles. The topological polar surface area (TPSA) is 74.1 Å². The highest BCUT2D eigenvalue weighted by atomic mass is 16.5. The van der Waals surface area contributed by atoms with E-state index in [1.54, 1.807) is 13.3 Å². The number of benzene rings is 1. The fraction of sp³-hybridized carbons (Fsp3) is 0.292. The monoisotopic (exact) mass is 417 g/mol. The van der Waals surface area contributed by atoms with Crippen molar-refractivity contribution >= 4 is 16.6 Å². The molecule has 1 aromatic carbocycles. The second-order valence-electron chi connectivity index (χ2n) is 7.37. The van der Waals surface area contributed by atoms with Gasteiger partial charge in [-0.3, -0.25) is 4.98 Å². The molecule has 4 rings (SSSR count). The van der Waals surface area contributed by atoms with Crippen molar-refractivity contribution in [3.63, 3.8) is 0 Å². The Morgan fingerprint density at radius 1 is 1.03 bits per heavy atom. The Morgan fingerprint density at radius 3 is 2.55 bits per heavy atom. The summed E-state index contributed by atoms with van der Waals surface area (Å²) in [5, 5.41) is 14.5. The van der Waals surface area contributed by atoms with Crippen molar-refractivity contribution in [2.45, 2.75) is 34.2 Å².